The highest BCUT2D eigenvalue weighted by atomic mass is 16.6. The van der Waals surface area contributed by atoms with Gasteiger partial charge in [0, 0.05) is 23.5 Å². The molecule has 0 saturated heterocycles. The third kappa shape index (κ3) is 2.69. The predicted octanol–water partition coefficient (Wildman–Crippen LogP) is 1.70. The summed E-state index contributed by atoms with van der Waals surface area (Å²) in [7, 11) is 0. The largest absolute Gasteiger partial charge is 0.480 e. The van der Waals surface area contributed by atoms with Crippen LogP contribution in [0, 0.1) is 0 Å². The molecule has 18 heavy (non-hydrogen) atoms. The fraction of sp³-hybridized carbons (Fsp3) is 0.308. The van der Waals surface area contributed by atoms with Crippen molar-refractivity contribution in [3.63, 3.8) is 0 Å². The number of aromatic nitrogens is 1. The standard InChI is InChI=1S/C13H16N2O3/c1-2-18-15-12(13(16)17)7-9-8-14-11-6-4-3-5-10(9)11/h3-6,8,12,14-15H,2,7H2,1H3,(H,16,17). The molecule has 0 radical (unpaired) electrons. The van der Waals surface area contributed by atoms with Crippen LogP contribution in [-0.2, 0) is 16.1 Å². The van der Waals surface area contributed by atoms with Crippen molar-refractivity contribution in [3.05, 3.63) is 36.0 Å². The Morgan fingerprint density at radius 3 is 3.00 bits per heavy atom. The maximum absolute atomic E-state index is 11.1. The van der Waals surface area contributed by atoms with Gasteiger partial charge < -0.3 is 14.9 Å². The van der Waals surface area contributed by atoms with Gasteiger partial charge in [0.15, 0.2) is 0 Å². The van der Waals surface area contributed by atoms with Crippen molar-refractivity contribution in [2.75, 3.05) is 6.61 Å². The second-order valence-corrected chi connectivity index (χ2v) is 4.01. The van der Waals surface area contributed by atoms with Crippen molar-refractivity contribution in [1.29, 1.82) is 0 Å². The number of hydrogen-bond acceptors (Lipinski definition) is 3. The number of fused-ring (bicyclic) bond motifs is 1. The summed E-state index contributed by atoms with van der Waals surface area (Å²) in [6.07, 6.45) is 2.22. The summed E-state index contributed by atoms with van der Waals surface area (Å²) >= 11 is 0. The molecule has 0 aliphatic heterocycles. The first-order valence-corrected chi connectivity index (χ1v) is 5.87. The highest BCUT2D eigenvalue weighted by Crippen LogP contribution is 2.19. The molecule has 2 rings (SSSR count). The number of aromatic amines is 1. The van der Waals surface area contributed by atoms with E-state index in [-0.39, 0.29) is 0 Å². The van der Waals surface area contributed by atoms with Gasteiger partial charge in [0.1, 0.15) is 6.04 Å². The van der Waals surface area contributed by atoms with E-state index in [1.165, 1.54) is 0 Å². The van der Waals surface area contributed by atoms with Crippen molar-refractivity contribution in [2.45, 2.75) is 19.4 Å². The number of carboxylic acid groups (broad SMARTS) is 1. The Balaban J connectivity index is 2.18. The normalized spacial score (nSPS) is 12.7. The molecule has 2 aromatic rings. The van der Waals surface area contributed by atoms with E-state index in [9.17, 15) is 4.79 Å². The minimum atomic E-state index is -0.922. The Hall–Kier alpha value is -1.85. The van der Waals surface area contributed by atoms with Crippen LogP contribution in [-0.4, -0.2) is 28.7 Å². The average Bonchev–Trinajstić information content (AvgIpc) is 2.77. The molecule has 0 spiro atoms. The minimum absolute atomic E-state index is 0.374. The van der Waals surface area contributed by atoms with E-state index >= 15 is 0 Å². The van der Waals surface area contributed by atoms with Gasteiger partial charge in [0.2, 0.25) is 0 Å². The number of benzene rings is 1. The summed E-state index contributed by atoms with van der Waals surface area (Å²) in [6, 6.07) is 7.07. The van der Waals surface area contributed by atoms with Crippen LogP contribution >= 0.6 is 0 Å². The van der Waals surface area contributed by atoms with Gasteiger partial charge in [-0.25, -0.2) is 0 Å². The molecular formula is C13H16N2O3. The highest BCUT2D eigenvalue weighted by molar-refractivity contribution is 5.84. The van der Waals surface area contributed by atoms with Crippen molar-refractivity contribution in [2.24, 2.45) is 0 Å². The number of hydroxylamine groups is 1. The van der Waals surface area contributed by atoms with E-state index in [0.29, 0.717) is 13.0 Å². The number of para-hydroxylation sites is 1. The molecule has 5 nitrogen and oxygen atoms in total. The van der Waals surface area contributed by atoms with Crippen LogP contribution in [0.25, 0.3) is 10.9 Å². The Morgan fingerprint density at radius 2 is 2.28 bits per heavy atom. The Morgan fingerprint density at radius 1 is 1.50 bits per heavy atom. The summed E-state index contributed by atoms with van der Waals surface area (Å²) in [6.45, 7) is 2.23. The molecule has 1 aromatic heterocycles. The molecular weight excluding hydrogens is 232 g/mol. The van der Waals surface area contributed by atoms with Gasteiger partial charge in [-0.15, -0.1) is 0 Å². The molecule has 96 valence electrons. The number of carboxylic acids is 1. The second kappa shape index (κ2) is 5.66. The molecule has 1 heterocycles. The van der Waals surface area contributed by atoms with Crippen molar-refractivity contribution in [1.82, 2.24) is 10.5 Å². The van der Waals surface area contributed by atoms with Crippen LogP contribution < -0.4 is 5.48 Å². The maximum atomic E-state index is 11.1. The zero-order chi connectivity index (χ0) is 13.0. The highest BCUT2D eigenvalue weighted by Gasteiger charge is 2.19. The molecule has 5 heteroatoms. The summed E-state index contributed by atoms with van der Waals surface area (Å²) < 4.78 is 0. The van der Waals surface area contributed by atoms with Crippen molar-refractivity contribution < 1.29 is 14.7 Å². The van der Waals surface area contributed by atoms with Crippen molar-refractivity contribution >= 4 is 16.9 Å². The molecule has 1 atom stereocenters. The molecule has 0 aliphatic rings. The van der Waals surface area contributed by atoms with Gasteiger partial charge in [-0.2, -0.15) is 5.48 Å². The van der Waals surface area contributed by atoms with Gasteiger partial charge in [0.05, 0.1) is 6.61 Å². The number of aliphatic carboxylic acids is 1. The van der Waals surface area contributed by atoms with Crippen LogP contribution in [0.3, 0.4) is 0 Å². The lowest BCUT2D eigenvalue weighted by molar-refractivity contribution is -0.143. The lowest BCUT2D eigenvalue weighted by Gasteiger charge is -2.12. The number of carbonyl (C=O) groups is 1. The fourth-order valence-electron chi connectivity index (χ4n) is 1.88. The van der Waals surface area contributed by atoms with Crippen LogP contribution in [0.5, 0.6) is 0 Å². The van der Waals surface area contributed by atoms with E-state index in [1.807, 2.05) is 30.5 Å². The van der Waals surface area contributed by atoms with Crippen molar-refractivity contribution in [3.8, 4) is 0 Å². The van der Waals surface area contributed by atoms with Crippen LogP contribution in [0.15, 0.2) is 30.5 Å². The van der Waals surface area contributed by atoms with Crippen LogP contribution in [0.4, 0.5) is 0 Å². The monoisotopic (exact) mass is 248 g/mol. The van der Waals surface area contributed by atoms with Crippen LogP contribution in [0.1, 0.15) is 12.5 Å². The zero-order valence-electron chi connectivity index (χ0n) is 10.1. The summed E-state index contributed by atoms with van der Waals surface area (Å²) in [5, 5.41) is 10.2. The Bertz CT molecular complexity index is 536. The molecule has 0 fully saturated rings. The third-order valence-electron chi connectivity index (χ3n) is 2.77. The van der Waals surface area contributed by atoms with Gasteiger partial charge in [-0.05, 0) is 18.6 Å². The predicted molar refractivity (Wildman–Crippen MR) is 68.2 cm³/mol. The van der Waals surface area contributed by atoms with Gasteiger partial charge in [-0.1, -0.05) is 18.2 Å². The first-order chi connectivity index (χ1) is 8.72. The van der Waals surface area contributed by atoms with Gasteiger partial charge >= 0.3 is 5.97 Å². The fourth-order valence-corrected chi connectivity index (χ4v) is 1.88. The van der Waals surface area contributed by atoms with Gasteiger partial charge in [0.25, 0.3) is 0 Å². The summed E-state index contributed by atoms with van der Waals surface area (Å²) in [5.41, 5.74) is 4.53. The molecule has 1 aromatic carbocycles. The smallest absolute Gasteiger partial charge is 0.323 e. The first-order valence-electron chi connectivity index (χ1n) is 5.87. The van der Waals surface area contributed by atoms with E-state index in [2.05, 4.69) is 10.5 Å². The Labute approximate surface area is 105 Å². The quantitative estimate of drug-likeness (QED) is 0.680. The first kappa shape index (κ1) is 12.6. The van der Waals surface area contributed by atoms with E-state index < -0.39 is 12.0 Å². The Kier molecular flexibility index (Phi) is 3.96. The number of rotatable bonds is 6. The molecule has 0 bridgehead atoms. The summed E-state index contributed by atoms with van der Waals surface area (Å²) in [4.78, 5) is 19.2. The minimum Gasteiger partial charge on any atom is -0.480 e. The lowest BCUT2D eigenvalue weighted by Crippen LogP contribution is -2.38. The summed E-state index contributed by atoms with van der Waals surface area (Å²) in [5.74, 6) is -0.922. The van der Waals surface area contributed by atoms with E-state index in [0.717, 1.165) is 16.5 Å². The van der Waals surface area contributed by atoms with E-state index in [4.69, 9.17) is 9.94 Å². The molecule has 0 saturated carbocycles. The third-order valence-corrected chi connectivity index (χ3v) is 2.77. The molecule has 3 N–H and O–H groups in total. The topological polar surface area (TPSA) is 74.3 Å². The number of hydrogen-bond donors (Lipinski definition) is 3. The number of H-pyrrole nitrogens is 1. The number of nitrogens with one attached hydrogen (secondary N) is 2. The molecule has 1 unspecified atom stereocenters. The lowest BCUT2D eigenvalue weighted by atomic mass is 10.1. The SMILES string of the molecule is CCONC(Cc1c[nH]c2ccccc12)C(=O)O. The average molecular weight is 248 g/mol. The maximum Gasteiger partial charge on any atom is 0.323 e. The van der Waals surface area contributed by atoms with Crippen LogP contribution in [0.2, 0.25) is 0 Å². The molecule has 0 aliphatic carbocycles. The van der Waals surface area contributed by atoms with Gasteiger partial charge in [-0.3, -0.25) is 4.79 Å². The molecule has 0 amide bonds. The second-order valence-electron chi connectivity index (χ2n) is 4.01. The zero-order valence-corrected chi connectivity index (χ0v) is 10.1. The van der Waals surface area contributed by atoms with E-state index in [1.54, 1.807) is 6.92 Å².